The molecule has 21 heavy (non-hydrogen) atoms. The number of hydrogen-bond donors (Lipinski definition) is 1. The second kappa shape index (κ2) is 7.18. The summed E-state index contributed by atoms with van der Waals surface area (Å²) in [6, 6.07) is 6.93. The van der Waals surface area contributed by atoms with Crippen molar-refractivity contribution in [1.82, 2.24) is 4.98 Å². The summed E-state index contributed by atoms with van der Waals surface area (Å²) in [5.41, 5.74) is 8.39. The molecule has 1 heterocycles. The van der Waals surface area contributed by atoms with E-state index < -0.39 is 0 Å². The topological polar surface area (TPSA) is 48.1 Å². The highest BCUT2D eigenvalue weighted by Crippen LogP contribution is 2.27. The smallest absolute Gasteiger partial charge is 0.126 e. The summed E-state index contributed by atoms with van der Waals surface area (Å²) in [5.74, 6) is 0.435. The molecule has 0 aliphatic carbocycles. The molecule has 2 rings (SSSR count). The van der Waals surface area contributed by atoms with Crippen molar-refractivity contribution in [3.05, 3.63) is 59.2 Å². The van der Waals surface area contributed by atoms with Gasteiger partial charge in [-0.05, 0) is 62.1 Å². The molecule has 0 spiro atoms. The molecule has 4 heteroatoms. The van der Waals surface area contributed by atoms with Crippen molar-refractivity contribution in [1.29, 1.82) is 0 Å². The summed E-state index contributed by atoms with van der Waals surface area (Å²) in [5, 5.41) is 0. The second-order valence-electron chi connectivity index (χ2n) is 5.24. The highest BCUT2D eigenvalue weighted by Gasteiger charge is 2.12. The van der Waals surface area contributed by atoms with Crippen LogP contribution in [-0.2, 0) is 6.42 Å². The average molecular weight is 288 g/mol. The van der Waals surface area contributed by atoms with Crippen LogP contribution in [-0.4, -0.2) is 11.6 Å². The predicted octanol–water partition coefficient (Wildman–Crippen LogP) is 3.56. The fourth-order valence-electron chi connectivity index (χ4n) is 2.16. The molecule has 1 atom stereocenters. The van der Waals surface area contributed by atoms with Crippen molar-refractivity contribution in [3.8, 4) is 5.75 Å². The Hall–Kier alpha value is -1.94. The van der Waals surface area contributed by atoms with Crippen LogP contribution in [0.25, 0.3) is 0 Å². The third-order valence-corrected chi connectivity index (χ3v) is 3.40. The zero-order valence-electron chi connectivity index (χ0n) is 12.5. The van der Waals surface area contributed by atoms with Gasteiger partial charge < -0.3 is 10.5 Å². The average Bonchev–Trinajstić information content (AvgIpc) is 2.47. The number of halogens is 1. The first-order valence-electron chi connectivity index (χ1n) is 7.15. The van der Waals surface area contributed by atoms with E-state index in [1.54, 1.807) is 25.4 Å². The zero-order chi connectivity index (χ0) is 15.2. The van der Waals surface area contributed by atoms with E-state index in [2.05, 4.69) is 4.98 Å². The Bertz CT molecular complexity index is 585. The van der Waals surface area contributed by atoms with E-state index in [0.717, 1.165) is 12.8 Å². The Morgan fingerprint density at radius 3 is 2.67 bits per heavy atom. The van der Waals surface area contributed by atoms with Gasteiger partial charge in [0.15, 0.2) is 0 Å². The zero-order valence-corrected chi connectivity index (χ0v) is 12.5. The number of aromatic nitrogens is 1. The van der Waals surface area contributed by atoms with Crippen molar-refractivity contribution in [2.24, 2.45) is 5.73 Å². The second-order valence-corrected chi connectivity index (χ2v) is 5.24. The fourth-order valence-corrected chi connectivity index (χ4v) is 2.16. The van der Waals surface area contributed by atoms with E-state index in [1.165, 1.54) is 11.6 Å². The summed E-state index contributed by atoms with van der Waals surface area (Å²) >= 11 is 0. The third-order valence-electron chi connectivity index (χ3n) is 3.40. The number of hydrogen-bond acceptors (Lipinski definition) is 3. The predicted molar refractivity (Wildman–Crippen MR) is 81.8 cm³/mol. The van der Waals surface area contributed by atoms with Crippen LogP contribution in [0.15, 0.2) is 36.7 Å². The molecule has 0 amide bonds. The molecular weight excluding hydrogens is 267 g/mol. The van der Waals surface area contributed by atoms with Crippen LogP contribution in [0.3, 0.4) is 0 Å². The van der Waals surface area contributed by atoms with E-state index in [1.807, 2.05) is 19.1 Å². The minimum Gasteiger partial charge on any atom is -0.493 e. The molecule has 0 radical (unpaired) electrons. The van der Waals surface area contributed by atoms with Gasteiger partial charge in [-0.1, -0.05) is 0 Å². The fraction of sp³-hybridized carbons (Fsp3) is 0.353. The van der Waals surface area contributed by atoms with E-state index in [4.69, 9.17) is 10.5 Å². The quantitative estimate of drug-likeness (QED) is 0.827. The van der Waals surface area contributed by atoms with Crippen LogP contribution in [0.1, 0.15) is 36.1 Å². The van der Waals surface area contributed by atoms with Crippen molar-refractivity contribution < 1.29 is 9.13 Å². The minimum atomic E-state index is -0.254. The number of benzene rings is 1. The minimum absolute atomic E-state index is 0.244. The van der Waals surface area contributed by atoms with Crippen LogP contribution in [0, 0.1) is 12.7 Å². The van der Waals surface area contributed by atoms with Gasteiger partial charge in [-0.3, -0.25) is 4.98 Å². The van der Waals surface area contributed by atoms with Crippen LogP contribution in [0.4, 0.5) is 4.39 Å². The van der Waals surface area contributed by atoms with Crippen molar-refractivity contribution in [3.63, 3.8) is 0 Å². The van der Waals surface area contributed by atoms with Gasteiger partial charge in [-0.15, -0.1) is 0 Å². The van der Waals surface area contributed by atoms with E-state index >= 15 is 0 Å². The van der Waals surface area contributed by atoms with Crippen molar-refractivity contribution in [2.75, 3.05) is 6.61 Å². The Balaban J connectivity index is 1.95. The summed E-state index contributed by atoms with van der Waals surface area (Å²) in [6.45, 7) is 4.13. The Morgan fingerprint density at radius 1 is 1.29 bits per heavy atom. The van der Waals surface area contributed by atoms with Crippen molar-refractivity contribution in [2.45, 2.75) is 32.7 Å². The number of pyridine rings is 1. The SMILES string of the molecule is Cc1cc(OCCCc2ccncc2)c([C@H](C)N)cc1F. The molecule has 0 saturated heterocycles. The van der Waals surface area contributed by atoms with Gasteiger partial charge in [0.2, 0.25) is 0 Å². The van der Waals surface area contributed by atoms with Gasteiger partial charge in [0.1, 0.15) is 11.6 Å². The number of rotatable bonds is 6. The lowest BCUT2D eigenvalue weighted by Gasteiger charge is -2.15. The first-order valence-corrected chi connectivity index (χ1v) is 7.15. The monoisotopic (exact) mass is 288 g/mol. The Kier molecular flexibility index (Phi) is 5.28. The van der Waals surface area contributed by atoms with Crippen molar-refractivity contribution >= 4 is 0 Å². The molecule has 2 aromatic rings. The van der Waals surface area contributed by atoms with Gasteiger partial charge in [-0.2, -0.15) is 0 Å². The van der Waals surface area contributed by atoms with E-state index in [0.29, 0.717) is 23.5 Å². The lowest BCUT2D eigenvalue weighted by Crippen LogP contribution is -2.10. The summed E-state index contributed by atoms with van der Waals surface area (Å²) in [6.07, 6.45) is 5.39. The van der Waals surface area contributed by atoms with Gasteiger partial charge in [0.25, 0.3) is 0 Å². The third kappa shape index (κ3) is 4.26. The van der Waals surface area contributed by atoms with Crippen LogP contribution < -0.4 is 10.5 Å². The molecule has 0 fully saturated rings. The normalized spacial score (nSPS) is 12.2. The molecule has 0 bridgehead atoms. The Labute approximate surface area is 125 Å². The van der Waals surface area contributed by atoms with Gasteiger partial charge in [-0.25, -0.2) is 4.39 Å². The molecule has 0 aliphatic heterocycles. The highest BCUT2D eigenvalue weighted by molar-refractivity contribution is 5.39. The molecular formula is C17H21FN2O. The van der Waals surface area contributed by atoms with Gasteiger partial charge >= 0.3 is 0 Å². The number of ether oxygens (including phenoxy) is 1. The lowest BCUT2D eigenvalue weighted by molar-refractivity contribution is 0.305. The molecule has 3 nitrogen and oxygen atoms in total. The maximum atomic E-state index is 13.6. The summed E-state index contributed by atoms with van der Waals surface area (Å²) in [7, 11) is 0. The molecule has 0 saturated carbocycles. The Morgan fingerprint density at radius 2 is 2.00 bits per heavy atom. The van der Waals surface area contributed by atoms with Crippen LogP contribution in [0.2, 0.25) is 0 Å². The standard InChI is InChI=1S/C17H21FN2O/c1-12-10-17(15(13(2)19)11-16(12)18)21-9-3-4-14-5-7-20-8-6-14/h5-8,10-11,13H,3-4,9,19H2,1-2H3/t13-/m0/s1. The lowest BCUT2D eigenvalue weighted by atomic mass is 10.0. The molecule has 1 aromatic heterocycles. The molecule has 0 aliphatic rings. The number of aryl methyl sites for hydroxylation is 2. The van der Waals surface area contributed by atoms with E-state index in [9.17, 15) is 4.39 Å². The first kappa shape index (κ1) is 15.4. The largest absolute Gasteiger partial charge is 0.493 e. The molecule has 2 N–H and O–H groups in total. The van der Waals surface area contributed by atoms with Gasteiger partial charge in [0.05, 0.1) is 6.61 Å². The highest BCUT2D eigenvalue weighted by atomic mass is 19.1. The molecule has 0 unspecified atom stereocenters. The molecule has 112 valence electrons. The summed E-state index contributed by atoms with van der Waals surface area (Å²) < 4.78 is 19.4. The van der Waals surface area contributed by atoms with Gasteiger partial charge in [0, 0.05) is 24.0 Å². The molecule has 1 aromatic carbocycles. The van der Waals surface area contributed by atoms with E-state index in [-0.39, 0.29) is 11.9 Å². The number of nitrogens with two attached hydrogens (primary N) is 1. The maximum Gasteiger partial charge on any atom is 0.126 e. The number of nitrogens with zero attached hydrogens (tertiary/aromatic N) is 1. The summed E-state index contributed by atoms with van der Waals surface area (Å²) in [4.78, 5) is 3.99. The van der Waals surface area contributed by atoms with Crippen LogP contribution >= 0.6 is 0 Å². The van der Waals surface area contributed by atoms with Crippen LogP contribution in [0.5, 0.6) is 5.75 Å². The maximum absolute atomic E-state index is 13.6. The first-order chi connectivity index (χ1) is 10.1.